The second kappa shape index (κ2) is 7.69. The van der Waals surface area contributed by atoms with Crippen LogP contribution in [-0.2, 0) is 16.1 Å². The van der Waals surface area contributed by atoms with E-state index in [0.717, 1.165) is 17.7 Å². The summed E-state index contributed by atoms with van der Waals surface area (Å²) in [5, 5.41) is 3.00. The number of ether oxygens (including phenoxy) is 1. The minimum atomic E-state index is -0.797. The molecule has 1 aromatic carbocycles. The monoisotopic (exact) mass is 332 g/mol. The first-order valence-corrected chi connectivity index (χ1v) is 8.59. The molecule has 1 aliphatic heterocycles. The summed E-state index contributed by atoms with van der Waals surface area (Å²) in [6.07, 6.45) is 1.89. The Morgan fingerprint density at radius 2 is 2.08 bits per heavy atom. The van der Waals surface area contributed by atoms with Crippen molar-refractivity contribution in [3.8, 4) is 5.75 Å². The van der Waals surface area contributed by atoms with Crippen molar-refractivity contribution in [2.24, 2.45) is 5.92 Å². The van der Waals surface area contributed by atoms with Crippen LogP contribution in [0.1, 0.15) is 45.6 Å². The van der Waals surface area contributed by atoms with Gasteiger partial charge in [-0.25, -0.2) is 0 Å². The zero-order valence-electron chi connectivity index (χ0n) is 15.1. The van der Waals surface area contributed by atoms with Crippen LogP contribution in [-0.4, -0.2) is 35.9 Å². The molecule has 2 amide bonds. The summed E-state index contributed by atoms with van der Waals surface area (Å²) >= 11 is 0. The molecule has 1 heterocycles. The number of nitrogens with zero attached hydrogens (tertiary/aromatic N) is 1. The number of para-hydroxylation sites is 1. The second-order valence-electron chi connectivity index (χ2n) is 7.00. The van der Waals surface area contributed by atoms with Crippen LogP contribution in [0.15, 0.2) is 24.3 Å². The molecular weight excluding hydrogens is 304 g/mol. The van der Waals surface area contributed by atoms with E-state index in [9.17, 15) is 9.59 Å². The van der Waals surface area contributed by atoms with E-state index in [-0.39, 0.29) is 11.8 Å². The number of benzene rings is 1. The number of methoxy groups -OCH3 is 1. The van der Waals surface area contributed by atoms with Crippen molar-refractivity contribution in [2.75, 3.05) is 13.7 Å². The fraction of sp³-hybridized carbons (Fsp3) is 0.579. The number of carbonyl (C=O) groups excluding carboxylic acids is 2. The summed E-state index contributed by atoms with van der Waals surface area (Å²) in [6.45, 7) is 7.14. The Bertz CT molecular complexity index is 600. The van der Waals surface area contributed by atoms with Gasteiger partial charge in [0.25, 0.3) is 0 Å². The first kappa shape index (κ1) is 18.3. The molecule has 1 aromatic rings. The molecule has 1 saturated heterocycles. The normalized spacial score (nSPS) is 20.5. The van der Waals surface area contributed by atoms with Gasteiger partial charge in [0.15, 0.2) is 0 Å². The van der Waals surface area contributed by atoms with E-state index in [2.05, 4.69) is 19.2 Å². The van der Waals surface area contributed by atoms with Crippen LogP contribution in [0.4, 0.5) is 0 Å². The highest BCUT2D eigenvalue weighted by Gasteiger charge is 2.47. The molecule has 1 aliphatic rings. The third-order valence-electron chi connectivity index (χ3n) is 4.74. The van der Waals surface area contributed by atoms with Crippen molar-refractivity contribution in [3.05, 3.63) is 29.8 Å². The van der Waals surface area contributed by atoms with Crippen molar-refractivity contribution >= 4 is 11.8 Å². The van der Waals surface area contributed by atoms with E-state index in [1.165, 1.54) is 0 Å². The molecular formula is C19H28N2O3. The molecule has 0 aromatic heterocycles. The van der Waals surface area contributed by atoms with Gasteiger partial charge >= 0.3 is 0 Å². The second-order valence-corrected chi connectivity index (χ2v) is 7.00. The number of likely N-dealkylation sites (tertiary alicyclic amines) is 1. The van der Waals surface area contributed by atoms with Crippen LogP contribution in [0.25, 0.3) is 0 Å². The molecule has 1 atom stereocenters. The third kappa shape index (κ3) is 3.89. The van der Waals surface area contributed by atoms with Gasteiger partial charge in [0.2, 0.25) is 11.8 Å². The highest BCUT2D eigenvalue weighted by molar-refractivity contribution is 5.94. The van der Waals surface area contributed by atoms with Crippen molar-refractivity contribution in [2.45, 2.75) is 52.1 Å². The zero-order chi connectivity index (χ0) is 17.7. The van der Waals surface area contributed by atoms with Gasteiger partial charge in [-0.05, 0) is 31.7 Å². The van der Waals surface area contributed by atoms with E-state index >= 15 is 0 Å². The lowest BCUT2D eigenvalue weighted by molar-refractivity contribution is -0.141. The molecule has 0 bridgehead atoms. The summed E-state index contributed by atoms with van der Waals surface area (Å²) in [5.41, 5.74) is 0.117. The lowest BCUT2D eigenvalue weighted by atomic mass is 9.96. The predicted octanol–water partition coefficient (Wildman–Crippen LogP) is 2.74. The van der Waals surface area contributed by atoms with Gasteiger partial charge < -0.3 is 15.0 Å². The van der Waals surface area contributed by atoms with Crippen LogP contribution in [0.3, 0.4) is 0 Å². The molecule has 0 saturated carbocycles. The van der Waals surface area contributed by atoms with Crippen molar-refractivity contribution in [3.63, 3.8) is 0 Å². The smallest absolute Gasteiger partial charge is 0.245 e. The molecule has 5 nitrogen and oxygen atoms in total. The molecule has 1 unspecified atom stereocenters. The fourth-order valence-corrected chi connectivity index (χ4v) is 3.06. The summed E-state index contributed by atoms with van der Waals surface area (Å²) in [7, 11) is 1.61. The van der Waals surface area contributed by atoms with Crippen molar-refractivity contribution < 1.29 is 14.3 Å². The number of hydrogen-bond acceptors (Lipinski definition) is 3. The maximum Gasteiger partial charge on any atom is 0.245 e. The van der Waals surface area contributed by atoms with Crippen molar-refractivity contribution in [1.29, 1.82) is 0 Å². The number of hydrogen-bond donors (Lipinski definition) is 1. The molecule has 0 radical (unpaired) electrons. The summed E-state index contributed by atoms with van der Waals surface area (Å²) in [4.78, 5) is 26.8. The van der Waals surface area contributed by atoms with Crippen LogP contribution in [0, 0.1) is 5.92 Å². The van der Waals surface area contributed by atoms with Gasteiger partial charge in [-0.15, -0.1) is 0 Å². The van der Waals surface area contributed by atoms with Gasteiger partial charge in [0, 0.05) is 18.5 Å². The zero-order valence-corrected chi connectivity index (χ0v) is 15.1. The van der Waals surface area contributed by atoms with E-state index in [0.29, 0.717) is 31.8 Å². The minimum absolute atomic E-state index is 0.0161. The highest BCUT2D eigenvalue weighted by Crippen LogP contribution is 2.33. The van der Waals surface area contributed by atoms with Gasteiger partial charge in [-0.2, -0.15) is 0 Å². The molecule has 5 heteroatoms. The molecule has 1 fully saturated rings. The quantitative estimate of drug-likeness (QED) is 0.835. The number of nitrogens with one attached hydrogen (secondary N) is 1. The third-order valence-corrected chi connectivity index (χ3v) is 4.74. The van der Waals surface area contributed by atoms with Gasteiger partial charge in [0.05, 0.1) is 13.7 Å². The number of amides is 2. The predicted molar refractivity (Wildman–Crippen MR) is 93.6 cm³/mol. The Labute approximate surface area is 144 Å². The average Bonchev–Trinajstić information content (AvgIpc) is 2.84. The Morgan fingerprint density at radius 3 is 2.75 bits per heavy atom. The first-order valence-electron chi connectivity index (χ1n) is 8.59. The maximum atomic E-state index is 12.7. The Hall–Kier alpha value is -2.04. The van der Waals surface area contributed by atoms with E-state index in [1.807, 2.05) is 31.2 Å². The average molecular weight is 332 g/mol. The van der Waals surface area contributed by atoms with Crippen LogP contribution >= 0.6 is 0 Å². The van der Waals surface area contributed by atoms with Gasteiger partial charge in [0.1, 0.15) is 11.3 Å². The standard InChI is InChI=1S/C19H28N2O3/c1-14(2)10-12-20-18(23)19(3)11-9-17(22)21(19)13-15-7-5-6-8-16(15)24-4/h5-8,14H,9-13H2,1-4H3,(H,20,23). The topological polar surface area (TPSA) is 58.6 Å². The summed E-state index contributed by atoms with van der Waals surface area (Å²) < 4.78 is 5.37. The Morgan fingerprint density at radius 1 is 1.38 bits per heavy atom. The lowest BCUT2D eigenvalue weighted by Gasteiger charge is -2.34. The van der Waals surface area contributed by atoms with E-state index in [1.54, 1.807) is 12.0 Å². The molecule has 0 spiro atoms. The Balaban J connectivity index is 2.14. The molecule has 132 valence electrons. The number of carbonyl (C=O) groups is 2. The summed E-state index contributed by atoms with van der Waals surface area (Å²) in [6, 6.07) is 7.61. The van der Waals surface area contributed by atoms with Crippen molar-refractivity contribution in [1.82, 2.24) is 10.2 Å². The molecule has 0 aliphatic carbocycles. The Kier molecular flexibility index (Phi) is 5.86. The maximum absolute atomic E-state index is 12.7. The van der Waals surface area contributed by atoms with Crippen LogP contribution < -0.4 is 10.1 Å². The fourth-order valence-electron chi connectivity index (χ4n) is 3.06. The number of rotatable bonds is 7. The van der Waals surface area contributed by atoms with Crippen LogP contribution in [0.5, 0.6) is 5.75 Å². The molecule has 24 heavy (non-hydrogen) atoms. The first-order chi connectivity index (χ1) is 11.4. The SMILES string of the molecule is COc1ccccc1CN1C(=O)CCC1(C)C(=O)NCCC(C)C. The minimum Gasteiger partial charge on any atom is -0.496 e. The lowest BCUT2D eigenvalue weighted by Crippen LogP contribution is -2.54. The van der Waals surface area contributed by atoms with Gasteiger partial charge in [-0.1, -0.05) is 32.0 Å². The van der Waals surface area contributed by atoms with E-state index in [4.69, 9.17) is 4.74 Å². The molecule has 1 N–H and O–H groups in total. The highest BCUT2D eigenvalue weighted by atomic mass is 16.5. The van der Waals surface area contributed by atoms with E-state index < -0.39 is 5.54 Å². The largest absolute Gasteiger partial charge is 0.496 e. The molecule has 2 rings (SSSR count). The summed E-state index contributed by atoms with van der Waals surface area (Å²) in [5.74, 6) is 1.22. The van der Waals surface area contributed by atoms with Crippen LogP contribution in [0.2, 0.25) is 0 Å². The van der Waals surface area contributed by atoms with Gasteiger partial charge in [-0.3, -0.25) is 9.59 Å².